The lowest BCUT2D eigenvalue weighted by Crippen LogP contribution is -2.36. The third kappa shape index (κ3) is 5.73. The first-order valence-corrected chi connectivity index (χ1v) is 10.1. The molecule has 0 spiro atoms. The summed E-state index contributed by atoms with van der Waals surface area (Å²) >= 11 is 0.736. The number of hydrogen-bond acceptors (Lipinski definition) is 7. The number of amides is 3. The van der Waals surface area contributed by atoms with Gasteiger partial charge in [-0.2, -0.15) is 0 Å². The molecule has 3 amide bonds. The van der Waals surface area contributed by atoms with Crippen molar-refractivity contribution in [2.45, 2.75) is 6.92 Å². The minimum absolute atomic E-state index is 0.155. The first-order valence-electron chi connectivity index (χ1n) is 9.28. The van der Waals surface area contributed by atoms with Crippen molar-refractivity contribution in [1.82, 2.24) is 4.90 Å². The largest absolute Gasteiger partial charge is 0.481 e. The van der Waals surface area contributed by atoms with Crippen molar-refractivity contribution in [3.63, 3.8) is 0 Å². The molecule has 0 aliphatic carbocycles. The molecule has 8 nitrogen and oxygen atoms in total. The fourth-order valence-electron chi connectivity index (χ4n) is 2.69. The van der Waals surface area contributed by atoms with Crippen molar-refractivity contribution in [1.29, 1.82) is 0 Å². The molecule has 0 radical (unpaired) electrons. The van der Waals surface area contributed by atoms with Gasteiger partial charge in [-0.05, 0) is 43.0 Å². The van der Waals surface area contributed by atoms with Crippen molar-refractivity contribution in [3.05, 3.63) is 64.6 Å². The highest BCUT2D eigenvalue weighted by atomic mass is 32.2. The summed E-state index contributed by atoms with van der Waals surface area (Å²) < 4.78 is 9.97. The number of rotatable bonds is 7. The normalized spacial score (nSPS) is 14.6. The van der Waals surface area contributed by atoms with Crippen molar-refractivity contribution < 1.29 is 28.7 Å². The van der Waals surface area contributed by atoms with Crippen LogP contribution < -0.4 is 10.1 Å². The molecule has 1 saturated heterocycles. The maximum Gasteiger partial charge on any atom is 0.343 e. The Bertz CT molecular complexity index is 1050. The van der Waals surface area contributed by atoms with Crippen molar-refractivity contribution in [3.8, 4) is 5.75 Å². The molecule has 2 aromatic carbocycles. The molecular weight excluding hydrogens is 420 g/mol. The number of anilines is 1. The van der Waals surface area contributed by atoms with Gasteiger partial charge in [-0.1, -0.05) is 35.9 Å². The molecule has 1 aliphatic rings. The van der Waals surface area contributed by atoms with Gasteiger partial charge in [-0.15, -0.1) is 0 Å². The fraction of sp³-hybridized carbons (Fsp3) is 0.182. The highest BCUT2D eigenvalue weighted by Gasteiger charge is 2.36. The van der Waals surface area contributed by atoms with Crippen LogP contribution in [0.15, 0.2) is 53.4 Å². The Morgan fingerprint density at radius 1 is 1.10 bits per heavy atom. The van der Waals surface area contributed by atoms with Gasteiger partial charge in [0, 0.05) is 11.3 Å². The molecule has 0 atom stereocenters. The lowest BCUT2D eigenvalue weighted by atomic mass is 10.2. The number of aryl methyl sites for hydroxylation is 1. The summed E-state index contributed by atoms with van der Waals surface area (Å²) in [7, 11) is 1.25. The molecule has 1 aliphatic heterocycles. The van der Waals surface area contributed by atoms with Gasteiger partial charge in [0.1, 0.15) is 12.3 Å². The molecule has 0 bridgehead atoms. The van der Waals surface area contributed by atoms with E-state index in [0.717, 1.165) is 22.2 Å². The number of benzene rings is 2. The van der Waals surface area contributed by atoms with Crippen LogP contribution in [0.2, 0.25) is 0 Å². The maximum absolute atomic E-state index is 12.7. The van der Waals surface area contributed by atoms with E-state index in [1.54, 1.807) is 36.4 Å². The number of ether oxygens (including phenoxy) is 2. The standard InChI is InChI=1S/C22H20N2O6S/c1-14-7-9-16(10-8-14)23-19(25)12-24-21(27)18(31-22(24)28)11-15-5-3-4-6-17(15)30-13-20(26)29-2/h3-11H,12-13H2,1-2H3,(H,23,25). The van der Waals surface area contributed by atoms with E-state index in [0.29, 0.717) is 17.0 Å². The number of carbonyl (C=O) groups excluding carboxylic acids is 4. The summed E-state index contributed by atoms with van der Waals surface area (Å²) in [6, 6.07) is 13.9. The molecule has 0 saturated carbocycles. The first kappa shape index (κ1) is 22.1. The summed E-state index contributed by atoms with van der Waals surface area (Å²) in [5, 5.41) is 2.13. The van der Waals surface area contributed by atoms with Crippen LogP contribution in [0.5, 0.6) is 5.75 Å². The maximum atomic E-state index is 12.7. The Morgan fingerprint density at radius 3 is 2.52 bits per heavy atom. The van der Waals surface area contributed by atoms with E-state index < -0.39 is 29.6 Å². The van der Waals surface area contributed by atoms with E-state index in [1.807, 2.05) is 19.1 Å². The van der Waals surface area contributed by atoms with Gasteiger partial charge < -0.3 is 14.8 Å². The zero-order valence-corrected chi connectivity index (χ0v) is 17.7. The molecule has 0 aromatic heterocycles. The van der Waals surface area contributed by atoms with Crippen LogP contribution in [0.25, 0.3) is 6.08 Å². The topological polar surface area (TPSA) is 102 Å². The van der Waals surface area contributed by atoms with Gasteiger partial charge in [-0.3, -0.25) is 19.3 Å². The van der Waals surface area contributed by atoms with E-state index in [9.17, 15) is 19.2 Å². The third-order valence-corrected chi connectivity index (χ3v) is 5.20. The Balaban J connectivity index is 1.70. The van der Waals surface area contributed by atoms with Gasteiger partial charge in [0.2, 0.25) is 5.91 Å². The number of esters is 1. The van der Waals surface area contributed by atoms with Gasteiger partial charge in [0.15, 0.2) is 6.61 Å². The van der Waals surface area contributed by atoms with Crippen LogP contribution in [-0.4, -0.2) is 48.2 Å². The minimum Gasteiger partial charge on any atom is -0.481 e. The summed E-state index contributed by atoms with van der Waals surface area (Å²) in [5.74, 6) is -1.24. The van der Waals surface area contributed by atoms with E-state index in [2.05, 4.69) is 10.1 Å². The van der Waals surface area contributed by atoms with Gasteiger partial charge >= 0.3 is 5.97 Å². The predicted octanol–water partition coefficient (Wildman–Crippen LogP) is 3.22. The Labute approximate surface area is 183 Å². The molecule has 3 rings (SSSR count). The number of nitrogens with one attached hydrogen (secondary N) is 1. The zero-order valence-electron chi connectivity index (χ0n) is 16.9. The molecule has 1 fully saturated rings. The Hall–Kier alpha value is -3.59. The van der Waals surface area contributed by atoms with Crippen LogP contribution in [0.1, 0.15) is 11.1 Å². The van der Waals surface area contributed by atoms with E-state index >= 15 is 0 Å². The number of hydrogen-bond donors (Lipinski definition) is 1. The van der Waals surface area contributed by atoms with Crippen LogP contribution >= 0.6 is 11.8 Å². The molecular formula is C22H20N2O6S. The lowest BCUT2D eigenvalue weighted by molar-refractivity contribution is -0.142. The zero-order chi connectivity index (χ0) is 22.4. The third-order valence-electron chi connectivity index (χ3n) is 4.29. The van der Waals surface area contributed by atoms with Crippen LogP contribution in [0, 0.1) is 6.92 Å². The molecule has 0 unspecified atom stereocenters. The monoisotopic (exact) mass is 440 g/mol. The number of para-hydroxylation sites is 1. The highest BCUT2D eigenvalue weighted by molar-refractivity contribution is 8.18. The highest BCUT2D eigenvalue weighted by Crippen LogP contribution is 2.33. The average Bonchev–Trinajstić information content (AvgIpc) is 3.01. The van der Waals surface area contributed by atoms with E-state index in [4.69, 9.17) is 4.74 Å². The number of nitrogens with zero attached hydrogens (tertiary/aromatic N) is 1. The second-order valence-electron chi connectivity index (χ2n) is 6.58. The number of methoxy groups -OCH3 is 1. The van der Waals surface area contributed by atoms with Gasteiger partial charge in [0.05, 0.1) is 12.0 Å². The molecule has 1 N–H and O–H groups in total. The Kier molecular flexibility index (Phi) is 7.09. The SMILES string of the molecule is COC(=O)COc1ccccc1C=C1SC(=O)N(CC(=O)Nc2ccc(C)cc2)C1=O. The molecule has 160 valence electrons. The van der Waals surface area contributed by atoms with E-state index in [1.165, 1.54) is 13.2 Å². The van der Waals surface area contributed by atoms with Gasteiger partial charge in [0.25, 0.3) is 11.1 Å². The van der Waals surface area contributed by atoms with Crippen LogP contribution in [0.3, 0.4) is 0 Å². The molecule has 31 heavy (non-hydrogen) atoms. The van der Waals surface area contributed by atoms with Crippen LogP contribution in [-0.2, 0) is 19.1 Å². The molecule has 1 heterocycles. The summed E-state index contributed by atoms with van der Waals surface area (Å²) in [6.45, 7) is 1.25. The lowest BCUT2D eigenvalue weighted by Gasteiger charge is -2.12. The summed E-state index contributed by atoms with van der Waals surface area (Å²) in [6.07, 6.45) is 1.50. The van der Waals surface area contributed by atoms with Crippen molar-refractivity contribution in [2.75, 3.05) is 25.6 Å². The number of carbonyl (C=O) groups is 4. The second kappa shape index (κ2) is 9.94. The second-order valence-corrected chi connectivity index (χ2v) is 7.58. The summed E-state index contributed by atoms with van der Waals surface area (Å²) in [5.41, 5.74) is 2.14. The van der Waals surface area contributed by atoms with Crippen molar-refractivity contribution >= 4 is 46.5 Å². The quantitative estimate of drug-likeness (QED) is 0.521. The smallest absolute Gasteiger partial charge is 0.343 e. The summed E-state index contributed by atoms with van der Waals surface area (Å²) in [4.78, 5) is 49.7. The molecule has 9 heteroatoms. The average molecular weight is 440 g/mol. The predicted molar refractivity (Wildman–Crippen MR) is 116 cm³/mol. The Morgan fingerprint density at radius 2 is 1.81 bits per heavy atom. The molecule has 2 aromatic rings. The van der Waals surface area contributed by atoms with Crippen molar-refractivity contribution in [2.24, 2.45) is 0 Å². The minimum atomic E-state index is -0.572. The number of thioether (sulfide) groups is 1. The fourth-order valence-corrected chi connectivity index (χ4v) is 3.51. The van der Waals surface area contributed by atoms with E-state index in [-0.39, 0.29) is 11.5 Å². The first-order chi connectivity index (χ1) is 14.9. The number of imide groups is 1. The van der Waals surface area contributed by atoms with Gasteiger partial charge in [-0.25, -0.2) is 4.79 Å². The van der Waals surface area contributed by atoms with Crippen LogP contribution in [0.4, 0.5) is 10.5 Å².